The molecule has 4 heteroatoms. The first-order valence-corrected chi connectivity index (χ1v) is 6.61. The Kier molecular flexibility index (Phi) is 3.96. The van der Waals surface area contributed by atoms with Crippen LogP contribution in [-0.2, 0) is 0 Å². The van der Waals surface area contributed by atoms with Gasteiger partial charge in [0.2, 0.25) is 0 Å². The zero-order chi connectivity index (χ0) is 14.0. The molecule has 0 spiro atoms. The topological polar surface area (TPSA) is 36.1 Å². The molecule has 2 rings (SSSR count). The van der Waals surface area contributed by atoms with Crippen molar-refractivity contribution in [1.29, 1.82) is 0 Å². The van der Waals surface area contributed by atoms with E-state index in [9.17, 15) is 4.79 Å². The Morgan fingerprint density at radius 2 is 2.16 bits per heavy atom. The molecule has 0 radical (unpaired) electrons. The lowest BCUT2D eigenvalue weighted by Gasteiger charge is -2.20. The summed E-state index contributed by atoms with van der Waals surface area (Å²) in [7, 11) is 0. The van der Waals surface area contributed by atoms with Crippen LogP contribution in [0.1, 0.15) is 24.3 Å². The Morgan fingerprint density at radius 3 is 2.79 bits per heavy atom. The van der Waals surface area contributed by atoms with Gasteiger partial charge in [-0.15, -0.1) is 0 Å². The van der Waals surface area contributed by atoms with Crippen LogP contribution in [0.15, 0.2) is 36.4 Å². The second kappa shape index (κ2) is 5.49. The standard InChI is InChI=1S/C15H17ClN2O/c1-4-18(9-10(2)3)15(19)14-8-11-7-12(16)5-6-13(11)17-14/h5-8,17H,2,4,9H2,1,3H3. The minimum Gasteiger partial charge on any atom is -0.351 e. The normalized spacial score (nSPS) is 10.7. The molecular formula is C15H17ClN2O. The number of amides is 1. The van der Waals surface area contributed by atoms with Crippen molar-refractivity contribution in [2.45, 2.75) is 13.8 Å². The lowest BCUT2D eigenvalue weighted by Crippen LogP contribution is -2.32. The summed E-state index contributed by atoms with van der Waals surface area (Å²) in [4.78, 5) is 17.3. The van der Waals surface area contributed by atoms with E-state index in [-0.39, 0.29) is 5.91 Å². The van der Waals surface area contributed by atoms with Crippen LogP contribution >= 0.6 is 11.6 Å². The SMILES string of the molecule is C=C(C)CN(CC)C(=O)c1cc2cc(Cl)ccc2[nH]1. The monoisotopic (exact) mass is 276 g/mol. The van der Waals surface area contributed by atoms with Gasteiger partial charge in [0.25, 0.3) is 5.91 Å². The number of aromatic amines is 1. The fraction of sp³-hybridized carbons (Fsp3) is 0.267. The Labute approximate surface area is 117 Å². The van der Waals surface area contributed by atoms with E-state index in [1.165, 1.54) is 0 Å². The highest BCUT2D eigenvalue weighted by molar-refractivity contribution is 6.31. The molecule has 0 fully saturated rings. The number of fused-ring (bicyclic) bond motifs is 1. The Bertz CT molecular complexity index is 630. The van der Waals surface area contributed by atoms with Gasteiger partial charge in [-0.3, -0.25) is 4.79 Å². The number of rotatable bonds is 4. The van der Waals surface area contributed by atoms with E-state index < -0.39 is 0 Å². The highest BCUT2D eigenvalue weighted by Gasteiger charge is 2.16. The van der Waals surface area contributed by atoms with Crippen molar-refractivity contribution >= 4 is 28.4 Å². The van der Waals surface area contributed by atoms with Gasteiger partial charge in [-0.25, -0.2) is 0 Å². The average Bonchev–Trinajstić information content (AvgIpc) is 2.77. The van der Waals surface area contributed by atoms with E-state index >= 15 is 0 Å². The fourth-order valence-electron chi connectivity index (χ4n) is 2.04. The smallest absolute Gasteiger partial charge is 0.270 e. The molecule has 1 aromatic carbocycles. The molecule has 0 saturated carbocycles. The van der Waals surface area contributed by atoms with Crippen LogP contribution in [0.4, 0.5) is 0 Å². The molecule has 0 bridgehead atoms. The van der Waals surface area contributed by atoms with Crippen LogP contribution in [0.3, 0.4) is 0 Å². The maximum absolute atomic E-state index is 12.4. The molecule has 0 saturated heterocycles. The summed E-state index contributed by atoms with van der Waals surface area (Å²) in [5, 5.41) is 1.61. The van der Waals surface area contributed by atoms with Gasteiger partial charge in [-0.1, -0.05) is 23.8 Å². The summed E-state index contributed by atoms with van der Waals surface area (Å²) in [5.74, 6) is -0.0159. The largest absolute Gasteiger partial charge is 0.351 e. The molecule has 100 valence electrons. The number of aromatic nitrogens is 1. The lowest BCUT2D eigenvalue weighted by atomic mass is 10.2. The van der Waals surface area contributed by atoms with Crippen LogP contribution < -0.4 is 0 Å². The Hall–Kier alpha value is -1.74. The van der Waals surface area contributed by atoms with Crippen LogP contribution in [0.2, 0.25) is 5.02 Å². The zero-order valence-electron chi connectivity index (χ0n) is 11.2. The maximum atomic E-state index is 12.4. The molecular weight excluding hydrogens is 260 g/mol. The number of hydrogen-bond donors (Lipinski definition) is 1. The minimum absolute atomic E-state index is 0.0159. The summed E-state index contributed by atoms with van der Waals surface area (Å²) in [6.07, 6.45) is 0. The maximum Gasteiger partial charge on any atom is 0.270 e. The van der Waals surface area contributed by atoms with Crippen molar-refractivity contribution < 1.29 is 4.79 Å². The number of halogens is 1. The first-order chi connectivity index (χ1) is 9.01. The molecule has 3 nitrogen and oxygen atoms in total. The number of nitrogens with zero attached hydrogens (tertiary/aromatic N) is 1. The zero-order valence-corrected chi connectivity index (χ0v) is 11.9. The first-order valence-electron chi connectivity index (χ1n) is 6.23. The molecule has 1 amide bonds. The van der Waals surface area contributed by atoms with E-state index in [1.807, 2.05) is 32.0 Å². The van der Waals surface area contributed by atoms with Crippen molar-refractivity contribution in [3.63, 3.8) is 0 Å². The van der Waals surface area contributed by atoms with Crippen molar-refractivity contribution in [2.75, 3.05) is 13.1 Å². The number of likely N-dealkylation sites (N-methyl/N-ethyl adjacent to an activating group) is 1. The molecule has 0 unspecified atom stereocenters. The minimum atomic E-state index is -0.0159. The molecule has 1 aromatic heterocycles. The van der Waals surface area contributed by atoms with Crippen LogP contribution in [-0.4, -0.2) is 28.9 Å². The molecule has 0 aliphatic carbocycles. The first kappa shape index (κ1) is 13.7. The van der Waals surface area contributed by atoms with Crippen LogP contribution in [0, 0.1) is 0 Å². The van der Waals surface area contributed by atoms with Gasteiger partial charge in [0, 0.05) is 29.0 Å². The fourth-order valence-corrected chi connectivity index (χ4v) is 2.22. The van der Waals surface area contributed by atoms with Gasteiger partial charge in [-0.05, 0) is 38.1 Å². The van der Waals surface area contributed by atoms with Crippen molar-refractivity contribution in [3.05, 3.63) is 47.1 Å². The molecule has 1 heterocycles. The highest BCUT2D eigenvalue weighted by Crippen LogP contribution is 2.21. The third-order valence-electron chi connectivity index (χ3n) is 2.94. The lowest BCUT2D eigenvalue weighted by molar-refractivity contribution is 0.0773. The number of carbonyl (C=O) groups excluding carboxylic acids is 1. The van der Waals surface area contributed by atoms with E-state index in [4.69, 9.17) is 11.6 Å². The van der Waals surface area contributed by atoms with Gasteiger partial charge in [0.1, 0.15) is 5.69 Å². The van der Waals surface area contributed by atoms with Gasteiger partial charge >= 0.3 is 0 Å². The van der Waals surface area contributed by atoms with Crippen molar-refractivity contribution in [3.8, 4) is 0 Å². The van der Waals surface area contributed by atoms with E-state index in [2.05, 4.69) is 11.6 Å². The van der Waals surface area contributed by atoms with E-state index in [1.54, 1.807) is 11.0 Å². The molecule has 0 atom stereocenters. The van der Waals surface area contributed by atoms with Crippen LogP contribution in [0.25, 0.3) is 10.9 Å². The second-order valence-corrected chi connectivity index (χ2v) is 5.13. The second-order valence-electron chi connectivity index (χ2n) is 4.69. The number of H-pyrrole nitrogens is 1. The van der Waals surface area contributed by atoms with E-state index in [0.29, 0.717) is 23.8 Å². The molecule has 0 aliphatic rings. The summed E-state index contributed by atoms with van der Waals surface area (Å²) < 4.78 is 0. The summed E-state index contributed by atoms with van der Waals surface area (Å²) in [6, 6.07) is 7.37. The number of hydrogen-bond acceptors (Lipinski definition) is 1. The molecule has 2 aromatic rings. The van der Waals surface area contributed by atoms with Gasteiger partial charge in [-0.2, -0.15) is 0 Å². The van der Waals surface area contributed by atoms with Crippen molar-refractivity contribution in [1.82, 2.24) is 9.88 Å². The molecule has 0 aliphatic heterocycles. The number of nitrogens with one attached hydrogen (secondary N) is 1. The Morgan fingerprint density at radius 1 is 1.42 bits per heavy atom. The summed E-state index contributed by atoms with van der Waals surface area (Å²) >= 11 is 5.95. The highest BCUT2D eigenvalue weighted by atomic mass is 35.5. The Balaban J connectivity index is 2.32. The third-order valence-corrected chi connectivity index (χ3v) is 3.18. The molecule has 1 N–H and O–H groups in total. The van der Waals surface area contributed by atoms with Crippen LogP contribution in [0.5, 0.6) is 0 Å². The average molecular weight is 277 g/mol. The molecule has 19 heavy (non-hydrogen) atoms. The quantitative estimate of drug-likeness (QED) is 0.846. The third kappa shape index (κ3) is 2.99. The summed E-state index contributed by atoms with van der Waals surface area (Å²) in [5.41, 5.74) is 2.47. The van der Waals surface area contributed by atoms with Gasteiger partial charge in [0.05, 0.1) is 0 Å². The van der Waals surface area contributed by atoms with E-state index in [0.717, 1.165) is 16.5 Å². The predicted octanol–water partition coefficient (Wildman–Crippen LogP) is 3.86. The summed E-state index contributed by atoms with van der Waals surface area (Å²) in [6.45, 7) is 8.96. The predicted molar refractivity (Wildman–Crippen MR) is 79.7 cm³/mol. The van der Waals surface area contributed by atoms with Crippen molar-refractivity contribution in [2.24, 2.45) is 0 Å². The number of benzene rings is 1. The number of carbonyl (C=O) groups is 1. The van der Waals surface area contributed by atoms with Gasteiger partial charge < -0.3 is 9.88 Å². The van der Waals surface area contributed by atoms with Gasteiger partial charge in [0.15, 0.2) is 0 Å².